The van der Waals surface area contributed by atoms with E-state index in [2.05, 4.69) is 78.7 Å². The maximum absolute atomic E-state index is 12.7. The molecular formula is C28H33N7O. The molecule has 1 saturated heterocycles. The summed E-state index contributed by atoms with van der Waals surface area (Å²) < 4.78 is 1.73. The molecule has 0 radical (unpaired) electrons. The monoisotopic (exact) mass is 483 g/mol. The van der Waals surface area contributed by atoms with E-state index in [4.69, 9.17) is 0 Å². The van der Waals surface area contributed by atoms with Gasteiger partial charge in [0.1, 0.15) is 6.33 Å². The largest absolute Gasteiger partial charge is 0.369 e. The number of aromatic nitrogens is 4. The molecule has 3 heterocycles. The summed E-state index contributed by atoms with van der Waals surface area (Å²) in [7, 11) is 0. The number of anilines is 1. The Morgan fingerprint density at radius 3 is 2.44 bits per heavy atom. The number of carbonyl (C=O) groups is 1. The van der Waals surface area contributed by atoms with Crippen molar-refractivity contribution in [2.75, 3.05) is 31.1 Å². The Balaban J connectivity index is 1.14. The lowest BCUT2D eigenvalue weighted by molar-refractivity contribution is -0.121. The SMILES string of the molecule is Cc1nc2ncnn2c(C)c1CCC(=O)NCc1ccccc1CN1CCN(c2ccccc2)CC1. The van der Waals surface area contributed by atoms with Crippen LogP contribution in [0.2, 0.25) is 0 Å². The third kappa shape index (κ3) is 5.39. The highest BCUT2D eigenvalue weighted by Crippen LogP contribution is 2.19. The number of fused-ring (bicyclic) bond motifs is 1. The Kier molecular flexibility index (Phi) is 7.23. The Labute approximate surface area is 212 Å². The van der Waals surface area contributed by atoms with Crippen LogP contribution < -0.4 is 10.2 Å². The Bertz CT molecular complexity index is 1330. The molecule has 1 fully saturated rings. The van der Waals surface area contributed by atoms with Gasteiger partial charge in [-0.3, -0.25) is 9.69 Å². The molecule has 2 aromatic carbocycles. The van der Waals surface area contributed by atoms with Crippen molar-refractivity contribution in [3.05, 3.63) is 89.0 Å². The minimum absolute atomic E-state index is 0.0405. The standard InChI is InChI=1S/C28H33N7O/c1-21-26(22(2)35-28(32-21)30-20-31-35)12-13-27(36)29-18-23-8-6-7-9-24(23)19-33-14-16-34(17-15-33)25-10-4-3-5-11-25/h3-11,20H,12-19H2,1-2H3,(H,29,36). The summed E-state index contributed by atoms with van der Waals surface area (Å²) in [5.41, 5.74) is 6.69. The molecule has 2 aromatic heterocycles. The molecule has 4 aromatic rings. The molecule has 8 nitrogen and oxygen atoms in total. The molecule has 5 rings (SSSR count). The number of para-hydroxylation sites is 1. The zero-order valence-electron chi connectivity index (χ0n) is 21.0. The summed E-state index contributed by atoms with van der Waals surface area (Å²) in [5.74, 6) is 0.634. The Morgan fingerprint density at radius 2 is 1.67 bits per heavy atom. The molecule has 36 heavy (non-hydrogen) atoms. The van der Waals surface area contributed by atoms with Crippen molar-refractivity contribution in [1.29, 1.82) is 0 Å². The second kappa shape index (κ2) is 10.9. The number of benzene rings is 2. The number of piperazine rings is 1. The van der Waals surface area contributed by atoms with Gasteiger partial charge in [0.2, 0.25) is 5.91 Å². The van der Waals surface area contributed by atoms with E-state index < -0.39 is 0 Å². The highest BCUT2D eigenvalue weighted by Gasteiger charge is 2.18. The van der Waals surface area contributed by atoms with Crippen LogP contribution in [0.3, 0.4) is 0 Å². The predicted octanol–water partition coefficient (Wildman–Crippen LogP) is 3.31. The van der Waals surface area contributed by atoms with Crippen molar-refractivity contribution in [3.63, 3.8) is 0 Å². The number of nitrogens with zero attached hydrogens (tertiary/aromatic N) is 6. The van der Waals surface area contributed by atoms with Crippen molar-refractivity contribution in [3.8, 4) is 0 Å². The molecule has 0 spiro atoms. The highest BCUT2D eigenvalue weighted by atomic mass is 16.1. The van der Waals surface area contributed by atoms with Crippen molar-refractivity contribution >= 4 is 17.4 Å². The number of hydrogen-bond acceptors (Lipinski definition) is 6. The van der Waals surface area contributed by atoms with Gasteiger partial charge in [-0.1, -0.05) is 42.5 Å². The van der Waals surface area contributed by atoms with Crippen LogP contribution in [-0.2, 0) is 24.3 Å². The molecule has 1 aliphatic rings. The average Bonchev–Trinajstić information content (AvgIpc) is 3.38. The van der Waals surface area contributed by atoms with Crippen LogP contribution in [0.15, 0.2) is 60.9 Å². The number of aryl methyl sites for hydroxylation is 2. The van der Waals surface area contributed by atoms with E-state index in [0.29, 0.717) is 25.2 Å². The fraction of sp³-hybridized carbons (Fsp3) is 0.357. The lowest BCUT2D eigenvalue weighted by Crippen LogP contribution is -2.46. The number of amides is 1. The Morgan fingerprint density at radius 1 is 0.944 bits per heavy atom. The molecular weight excluding hydrogens is 450 g/mol. The van der Waals surface area contributed by atoms with Crippen molar-refractivity contribution in [2.24, 2.45) is 0 Å². The van der Waals surface area contributed by atoms with Gasteiger partial charge in [0.05, 0.1) is 0 Å². The van der Waals surface area contributed by atoms with Gasteiger partial charge in [0, 0.05) is 62.8 Å². The van der Waals surface area contributed by atoms with Crippen LogP contribution in [-0.4, -0.2) is 56.6 Å². The third-order valence-corrected chi connectivity index (χ3v) is 7.07. The van der Waals surface area contributed by atoms with E-state index in [1.54, 1.807) is 4.52 Å². The maximum atomic E-state index is 12.7. The van der Waals surface area contributed by atoms with E-state index in [1.807, 2.05) is 19.9 Å². The quantitative estimate of drug-likeness (QED) is 0.414. The van der Waals surface area contributed by atoms with Gasteiger partial charge in [-0.2, -0.15) is 10.1 Å². The van der Waals surface area contributed by atoms with Crippen LogP contribution in [0.4, 0.5) is 5.69 Å². The first-order valence-electron chi connectivity index (χ1n) is 12.6. The minimum Gasteiger partial charge on any atom is -0.369 e. The molecule has 1 aliphatic heterocycles. The van der Waals surface area contributed by atoms with E-state index in [-0.39, 0.29) is 5.91 Å². The normalized spacial score (nSPS) is 14.3. The summed E-state index contributed by atoms with van der Waals surface area (Å²) in [4.78, 5) is 26.3. The lowest BCUT2D eigenvalue weighted by Gasteiger charge is -2.36. The third-order valence-electron chi connectivity index (χ3n) is 7.07. The minimum atomic E-state index is 0.0405. The molecule has 0 bridgehead atoms. The second-order valence-corrected chi connectivity index (χ2v) is 9.38. The van der Waals surface area contributed by atoms with E-state index in [9.17, 15) is 4.79 Å². The van der Waals surface area contributed by atoms with Gasteiger partial charge < -0.3 is 10.2 Å². The number of carbonyl (C=O) groups excluding carboxylic acids is 1. The average molecular weight is 484 g/mol. The number of nitrogens with one attached hydrogen (secondary N) is 1. The van der Waals surface area contributed by atoms with Crippen LogP contribution in [0, 0.1) is 13.8 Å². The summed E-state index contributed by atoms with van der Waals surface area (Å²) in [6, 6.07) is 19.0. The molecule has 1 amide bonds. The highest BCUT2D eigenvalue weighted by molar-refractivity contribution is 5.76. The molecule has 0 aliphatic carbocycles. The van der Waals surface area contributed by atoms with Gasteiger partial charge in [-0.05, 0) is 49.1 Å². The van der Waals surface area contributed by atoms with Crippen LogP contribution in [0.25, 0.3) is 5.78 Å². The molecule has 8 heteroatoms. The molecule has 186 valence electrons. The smallest absolute Gasteiger partial charge is 0.252 e. The first-order valence-corrected chi connectivity index (χ1v) is 12.6. The van der Waals surface area contributed by atoms with Gasteiger partial charge in [-0.15, -0.1) is 0 Å². The zero-order chi connectivity index (χ0) is 24.9. The fourth-order valence-corrected chi connectivity index (χ4v) is 4.97. The molecule has 0 saturated carbocycles. The van der Waals surface area contributed by atoms with Gasteiger partial charge >= 0.3 is 0 Å². The van der Waals surface area contributed by atoms with E-state index in [1.165, 1.54) is 23.1 Å². The second-order valence-electron chi connectivity index (χ2n) is 9.38. The first kappa shape index (κ1) is 23.9. The van der Waals surface area contributed by atoms with E-state index >= 15 is 0 Å². The Hall–Kier alpha value is -3.78. The number of rotatable bonds is 8. The fourth-order valence-electron chi connectivity index (χ4n) is 4.97. The lowest BCUT2D eigenvalue weighted by atomic mass is 10.1. The van der Waals surface area contributed by atoms with Crippen molar-refractivity contribution in [1.82, 2.24) is 29.8 Å². The number of hydrogen-bond donors (Lipinski definition) is 1. The maximum Gasteiger partial charge on any atom is 0.252 e. The molecule has 1 N–H and O–H groups in total. The topological polar surface area (TPSA) is 78.7 Å². The summed E-state index contributed by atoms with van der Waals surface area (Å²) in [5, 5.41) is 7.36. The van der Waals surface area contributed by atoms with Crippen LogP contribution >= 0.6 is 0 Å². The van der Waals surface area contributed by atoms with Crippen LogP contribution in [0.5, 0.6) is 0 Å². The summed E-state index contributed by atoms with van der Waals surface area (Å²) >= 11 is 0. The summed E-state index contributed by atoms with van der Waals surface area (Å²) in [6.07, 6.45) is 2.54. The zero-order valence-corrected chi connectivity index (χ0v) is 21.0. The van der Waals surface area contributed by atoms with Crippen molar-refractivity contribution < 1.29 is 4.79 Å². The van der Waals surface area contributed by atoms with Crippen LogP contribution in [0.1, 0.15) is 34.5 Å². The predicted molar refractivity (Wildman–Crippen MR) is 141 cm³/mol. The van der Waals surface area contributed by atoms with Gasteiger partial charge in [-0.25, -0.2) is 9.50 Å². The summed E-state index contributed by atoms with van der Waals surface area (Å²) in [6.45, 7) is 9.50. The van der Waals surface area contributed by atoms with Gasteiger partial charge in [0.15, 0.2) is 0 Å². The van der Waals surface area contributed by atoms with Crippen molar-refractivity contribution in [2.45, 2.75) is 39.8 Å². The van der Waals surface area contributed by atoms with E-state index in [0.717, 1.165) is 49.7 Å². The van der Waals surface area contributed by atoms with Gasteiger partial charge in [0.25, 0.3) is 5.78 Å². The molecule has 0 unspecified atom stereocenters. The first-order chi connectivity index (χ1) is 17.6. The molecule has 0 atom stereocenters.